The molecule has 212 valence electrons. The first-order valence-corrected chi connectivity index (χ1v) is 13.9. The van der Waals surface area contributed by atoms with Gasteiger partial charge in [0, 0.05) is 42.9 Å². The van der Waals surface area contributed by atoms with Crippen LogP contribution in [0.3, 0.4) is 0 Å². The van der Waals surface area contributed by atoms with Crippen molar-refractivity contribution in [3.05, 3.63) is 82.0 Å². The maximum atomic E-state index is 13.3. The Hall–Kier alpha value is -3.56. The molecular formula is C31H33FO7S. The fourth-order valence-electron chi connectivity index (χ4n) is 4.98. The molecule has 7 nitrogen and oxygen atoms in total. The lowest BCUT2D eigenvalue weighted by atomic mass is 9.83. The van der Waals surface area contributed by atoms with Crippen molar-refractivity contribution >= 4 is 29.2 Å². The van der Waals surface area contributed by atoms with Crippen LogP contribution < -0.4 is 0 Å². The average molecular weight is 569 g/mol. The Morgan fingerprint density at radius 2 is 1.57 bits per heavy atom. The second kappa shape index (κ2) is 12.7. The van der Waals surface area contributed by atoms with E-state index in [-0.39, 0.29) is 18.3 Å². The summed E-state index contributed by atoms with van der Waals surface area (Å²) in [6, 6.07) is 16.6. The van der Waals surface area contributed by atoms with Gasteiger partial charge in [0.2, 0.25) is 0 Å². The van der Waals surface area contributed by atoms with Crippen molar-refractivity contribution < 1.29 is 37.7 Å². The van der Waals surface area contributed by atoms with Crippen molar-refractivity contribution in [2.75, 3.05) is 6.61 Å². The number of hydrogen-bond acceptors (Lipinski definition) is 8. The van der Waals surface area contributed by atoms with Gasteiger partial charge in [-0.05, 0) is 53.4 Å². The number of aryl methyl sites for hydroxylation is 1. The van der Waals surface area contributed by atoms with E-state index in [2.05, 4.69) is 12.1 Å². The molecule has 2 heterocycles. The lowest BCUT2D eigenvalue weighted by Gasteiger charge is -2.44. The number of carbonyl (C=O) groups is 3. The van der Waals surface area contributed by atoms with Crippen molar-refractivity contribution in [2.24, 2.45) is 5.92 Å². The molecule has 0 radical (unpaired) electrons. The SMILES string of the molecule is CC(=O)OCC1OC(c2ccc(C)c(Cc3ccc(-c4ccc(F)cc4)s3)c2)[C@H](C)C(OC(C)=O)[C@@H]1OC(C)=O. The van der Waals surface area contributed by atoms with Gasteiger partial charge in [-0.25, -0.2) is 4.39 Å². The van der Waals surface area contributed by atoms with Gasteiger partial charge in [0.25, 0.3) is 0 Å². The number of thiophene rings is 1. The zero-order valence-electron chi connectivity index (χ0n) is 23.1. The quantitative estimate of drug-likeness (QED) is 0.245. The summed E-state index contributed by atoms with van der Waals surface area (Å²) in [5.41, 5.74) is 4.04. The first-order valence-electron chi connectivity index (χ1n) is 13.1. The molecule has 3 aromatic rings. The van der Waals surface area contributed by atoms with Crippen LogP contribution in [0.4, 0.5) is 4.39 Å². The molecule has 1 aliphatic heterocycles. The maximum Gasteiger partial charge on any atom is 0.303 e. The van der Waals surface area contributed by atoms with Crippen LogP contribution in [0.25, 0.3) is 10.4 Å². The number of halogens is 1. The summed E-state index contributed by atoms with van der Waals surface area (Å²) in [5.74, 6) is -2.21. The number of ether oxygens (including phenoxy) is 4. The monoisotopic (exact) mass is 568 g/mol. The van der Waals surface area contributed by atoms with E-state index in [0.717, 1.165) is 32.0 Å². The molecule has 0 amide bonds. The van der Waals surface area contributed by atoms with Crippen molar-refractivity contribution in [1.29, 1.82) is 0 Å². The molecule has 1 fully saturated rings. The molecule has 3 unspecified atom stereocenters. The number of carbonyl (C=O) groups excluding carboxylic acids is 3. The van der Waals surface area contributed by atoms with Crippen LogP contribution in [-0.2, 0) is 39.8 Å². The molecule has 0 N–H and O–H groups in total. The van der Waals surface area contributed by atoms with E-state index >= 15 is 0 Å². The predicted molar refractivity (Wildman–Crippen MR) is 148 cm³/mol. The lowest BCUT2D eigenvalue weighted by molar-refractivity contribution is -0.232. The molecule has 4 rings (SSSR count). The standard InChI is InChI=1S/C31H33FO7S/c1-17-6-7-23(14-24(17)15-26-12-13-28(40-26)22-8-10-25(32)11-9-22)29-18(2)30(37-20(4)34)31(38-21(5)35)27(39-29)16-36-19(3)33/h6-14,18,27,29-31H,15-16H2,1-5H3/t18-,27?,29?,30?,31+/m0/s1. The zero-order valence-corrected chi connectivity index (χ0v) is 24.0. The van der Waals surface area contributed by atoms with Gasteiger partial charge >= 0.3 is 17.9 Å². The number of rotatable bonds is 8. The van der Waals surface area contributed by atoms with E-state index in [0.29, 0.717) is 6.42 Å². The Kier molecular flexibility index (Phi) is 9.37. The molecular weight excluding hydrogens is 535 g/mol. The minimum absolute atomic E-state index is 0.158. The first-order chi connectivity index (χ1) is 19.0. The van der Waals surface area contributed by atoms with Gasteiger partial charge in [0.05, 0.1) is 6.10 Å². The third kappa shape index (κ3) is 7.14. The Bertz CT molecular complexity index is 1370. The van der Waals surface area contributed by atoms with Gasteiger partial charge in [-0.15, -0.1) is 11.3 Å². The van der Waals surface area contributed by atoms with Crippen molar-refractivity contribution in [1.82, 2.24) is 0 Å². The van der Waals surface area contributed by atoms with Gasteiger partial charge in [0.1, 0.15) is 24.6 Å². The zero-order chi connectivity index (χ0) is 29.0. The number of hydrogen-bond donors (Lipinski definition) is 0. The third-order valence-corrected chi connectivity index (χ3v) is 8.05. The van der Waals surface area contributed by atoms with Gasteiger partial charge < -0.3 is 18.9 Å². The number of benzene rings is 2. The van der Waals surface area contributed by atoms with Crippen molar-refractivity contribution in [3.8, 4) is 10.4 Å². The smallest absolute Gasteiger partial charge is 0.303 e. The van der Waals surface area contributed by atoms with Crippen LogP contribution in [0.2, 0.25) is 0 Å². The Morgan fingerprint density at radius 1 is 0.900 bits per heavy atom. The summed E-state index contributed by atoms with van der Waals surface area (Å²) in [7, 11) is 0. The van der Waals surface area contributed by atoms with Gasteiger partial charge in [-0.1, -0.05) is 37.3 Å². The summed E-state index contributed by atoms with van der Waals surface area (Å²) in [4.78, 5) is 37.7. The molecule has 2 aromatic carbocycles. The normalized spacial score (nSPS) is 22.4. The molecule has 40 heavy (non-hydrogen) atoms. The maximum absolute atomic E-state index is 13.3. The third-order valence-electron chi connectivity index (χ3n) is 6.92. The highest BCUT2D eigenvalue weighted by molar-refractivity contribution is 7.15. The molecule has 0 spiro atoms. The molecule has 0 saturated carbocycles. The second-order valence-corrected chi connectivity index (χ2v) is 11.2. The van der Waals surface area contributed by atoms with Crippen molar-refractivity contribution in [2.45, 2.75) is 65.5 Å². The number of esters is 3. The summed E-state index contributed by atoms with van der Waals surface area (Å²) in [6.45, 7) is 7.61. The topological polar surface area (TPSA) is 88.1 Å². The van der Waals surface area contributed by atoms with E-state index in [1.165, 1.54) is 32.9 Å². The molecule has 0 bridgehead atoms. The molecule has 1 saturated heterocycles. The second-order valence-electron chi connectivity index (χ2n) is 10.0. The van der Waals surface area contributed by atoms with E-state index in [1.54, 1.807) is 23.5 Å². The summed E-state index contributed by atoms with van der Waals surface area (Å²) in [6.07, 6.45) is -2.41. The largest absolute Gasteiger partial charge is 0.463 e. The Morgan fingerprint density at radius 3 is 2.23 bits per heavy atom. The van der Waals surface area contributed by atoms with Gasteiger partial charge in [-0.3, -0.25) is 14.4 Å². The van der Waals surface area contributed by atoms with Crippen LogP contribution in [0.5, 0.6) is 0 Å². The van der Waals surface area contributed by atoms with Gasteiger partial charge in [-0.2, -0.15) is 0 Å². The molecule has 0 aliphatic carbocycles. The minimum Gasteiger partial charge on any atom is -0.463 e. The molecule has 1 aromatic heterocycles. The molecule has 5 atom stereocenters. The fraction of sp³-hybridized carbons (Fsp3) is 0.387. The highest BCUT2D eigenvalue weighted by Crippen LogP contribution is 2.40. The van der Waals surface area contributed by atoms with E-state index in [4.69, 9.17) is 18.9 Å². The van der Waals surface area contributed by atoms with Crippen LogP contribution >= 0.6 is 11.3 Å². The summed E-state index contributed by atoms with van der Waals surface area (Å²) in [5, 5.41) is 0. The van der Waals surface area contributed by atoms with E-state index in [9.17, 15) is 18.8 Å². The average Bonchev–Trinajstić information content (AvgIpc) is 3.35. The van der Waals surface area contributed by atoms with Gasteiger partial charge in [0.15, 0.2) is 6.10 Å². The van der Waals surface area contributed by atoms with Crippen LogP contribution in [0.15, 0.2) is 54.6 Å². The first kappa shape index (κ1) is 29.4. The minimum atomic E-state index is -0.937. The van der Waals surface area contributed by atoms with E-state index in [1.807, 2.05) is 32.0 Å². The van der Waals surface area contributed by atoms with Crippen LogP contribution in [0.1, 0.15) is 55.4 Å². The molecule has 9 heteroatoms. The van der Waals surface area contributed by atoms with Crippen LogP contribution in [0, 0.1) is 18.7 Å². The highest BCUT2D eigenvalue weighted by Gasteiger charge is 2.48. The summed E-state index contributed by atoms with van der Waals surface area (Å²) >= 11 is 1.65. The fourth-order valence-corrected chi connectivity index (χ4v) is 6.01. The van der Waals surface area contributed by atoms with Crippen LogP contribution in [-0.4, -0.2) is 42.8 Å². The van der Waals surface area contributed by atoms with E-state index < -0.39 is 42.3 Å². The predicted octanol–water partition coefficient (Wildman–Crippen LogP) is 5.96. The highest BCUT2D eigenvalue weighted by atomic mass is 32.1. The lowest BCUT2D eigenvalue weighted by Crippen LogP contribution is -2.55. The van der Waals surface area contributed by atoms with Crippen molar-refractivity contribution in [3.63, 3.8) is 0 Å². The summed E-state index contributed by atoms with van der Waals surface area (Å²) < 4.78 is 36.1. The molecule has 1 aliphatic rings. The Labute approximate surface area is 237 Å². The Balaban J connectivity index is 1.62.